The van der Waals surface area contributed by atoms with Crippen LogP contribution in [0.2, 0.25) is 0 Å². The van der Waals surface area contributed by atoms with Crippen molar-refractivity contribution in [2.45, 2.75) is 38.4 Å². The third-order valence-corrected chi connectivity index (χ3v) is 2.90. The van der Waals surface area contributed by atoms with E-state index in [0.29, 0.717) is 18.1 Å². The zero-order valence-corrected chi connectivity index (χ0v) is 8.21. The van der Waals surface area contributed by atoms with Gasteiger partial charge in [0.2, 0.25) is 0 Å². The highest BCUT2D eigenvalue weighted by Gasteiger charge is 2.41. The number of urea groups is 1. The Balaban J connectivity index is 2.13. The highest BCUT2D eigenvalue weighted by molar-refractivity contribution is 5.78. The Hall–Kier alpha value is -0.770. The van der Waals surface area contributed by atoms with Gasteiger partial charge in [-0.3, -0.25) is 0 Å². The van der Waals surface area contributed by atoms with Gasteiger partial charge < -0.3 is 15.5 Å². The molecule has 2 amide bonds. The van der Waals surface area contributed by atoms with Crippen molar-refractivity contribution in [2.24, 2.45) is 0 Å². The lowest BCUT2D eigenvalue weighted by Gasteiger charge is -2.32. The van der Waals surface area contributed by atoms with Gasteiger partial charge >= 0.3 is 6.03 Å². The minimum atomic E-state index is 0.105. The number of amides is 2. The predicted octanol–water partition coefficient (Wildman–Crippen LogP) is 0.150. The quantitative estimate of drug-likeness (QED) is 0.608. The van der Waals surface area contributed by atoms with Crippen LogP contribution in [0.15, 0.2) is 0 Å². The molecule has 2 aliphatic rings. The van der Waals surface area contributed by atoms with Crippen LogP contribution >= 0.6 is 0 Å². The molecule has 4 nitrogen and oxygen atoms in total. The Kier molecular flexibility index (Phi) is 2.15. The lowest BCUT2D eigenvalue weighted by molar-refractivity contribution is 0.172. The van der Waals surface area contributed by atoms with Gasteiger partial charge in [0, 0.05) is 12.6 Å². The number of piperidine rings is 1. The van der Waals surface area contributed by atoms with Crippen LogP contribution in [0.4, 0.5) is 4.79 Å². The van der Waals surface area contributed by atoms with Crippen LogP contribution in [0.3, 0.4) is 0 Å². The number of nitrogens with one attached hydrogen (secondary N) is 2. The van der Waals surface area contributed by atoms with Gasteiger partial charge in [0.05, 0.1) is 12.1 Å². The van der Waals surface area contributed by atoms with Gasteiger partial charge in [-0.25, -0.2) is 4.79 Å². The third kappa shape index (κ3) is 1.39. The average molecular weight is 183 g/mol. The van der Waals surface area contributed by atoms with Gasteiger partial charge in [-0.05, 0) is 26.8 Å². The molecule has 2 aliphatic heterocycles. The first kappa shape index (κ1) is 8.81. The molecule has 2 saturated heterocycles. The number of hydrogen-bond acceptors (Lipinski definition) is 2. The summed E-state index contributed by atoms with van der Waals surface area (Å²) in [5.41, 5.74) is 0. The summed E-state index contributed by atoms with van der Waals surface area (Å²) in [6.45, 7) is 6.09. The lowest BCUT2D eigenvalue weighted by Crippen LogP contribution is -2.50. The zero-order chi connectivity index (χ0) is 9.42. The molecule has 2 rings (SSSR count). The molecule has 0 saturated carbocycles. The van der Waals surface area contributed by atoms with E-state index in [1.54, 1.807) is 0 Å². The maximum atomic E-state index is 11.6. The molecule has 2 atom stereocenters. The third-order valence-electron chi connectivity index (χ3n) is 2.90. The summed E-state index contributed by atoms with van der Waals surface area (Å²) in [5.74, 6) is 0. The molecule has 0 aliphatic carbocycles. The molecular formula is C9H17N3O. The summed E-state index contributed by atoms with van der Waals surface area (Å²) < 4.78 is 0. The largest absolute Gasteiger partial charge is 0.332 e. The summed E-state index contributed by atoms with van der Waals surface area (Å²) in [4.78, 5) is 13.5. The summed E-state index contributed by atoms with van der Waals surface area (Å²) in [5, 5.41) is 6.31. The van der Waals surface area contributed by atoms with Gasteiger partial charge in [0.25, 0.3) is 0 Å². The molecule has 2 fully saturated rings. The van der Waals surface area contributed by atoms with E-state index in [9.17, 15) is 4.79 Å². The predicted molar refractivity (Wildman–Crippen MR) is 50.6 cm³/mol. The number of hydrogen-bond donors (Lipinski definition) is 2. The Labute approximate surface area is 78.7 Å². The molecule has 74 valence electrons. The molecule has 0 unspecified atom stereocenters. The highest BCUT2D eigenvalue weighted by Crippen LogP contribution is 2.21. The number of carbonyl (C=O) groups excluding carboxylic acids is 1. The van der Waals surface area contributed by atoms with Gasteiger partial charge in [-0.2, -0.15) is 0 Å². The lowest BCUT2D eigenvalue weighted by atomic mass is 10.0. The van der Waals surface area contributed by atoms with E-state index in [1.165, 1.54) is 0 Å². The first-order valence-corrected chi connectivity index (χ1v) is 4.99. The fourth-order valence-corrected chi connectivity index (χ4v) is 2.33. The Bertz CT molecular complexity index is 217. The molecule has 0 aromatic rings. The van der Waals surface area contributed by atoms with Crippen molar-refractivity contribution in [3.8, 4) is 0 Å². The van der Waals surface area contributed by atoms with Gasteiger partial charge in [0.1, 0.15) is 0 Å². The van der Waals surface area contributed by atoms with Crippen molar-refractivity contribution < 1.29 is 4.79 Å². The number of rotatable bonds is 1. The van der Waals surface area contributed by atoms with Crippen molar-refractivity contribution in [1.29, 1.82) is 0 Å². The second kappa shape index (κ2) is 3.18. The van der Waals surface area contributed by atoms with E-state index in [1.807, 2.05) is 4.90 Å². The molecule has 0 radical (unpaired) electrons. The number of fused-ring (bicyclic) bond motifs is 1. The summed E-state index contributed by atoms with van der Waals surface area (Å²) in [7, 11) is 0. The summed E-state index contributed by atoms with van der Waals surface area (Å²) >= 11 is 0. The molecule has 0 aromatic heterocycles. The minimum absolute atomic E-state index is 0.105. The van der Waals surface area contributed by atoms with E-state index in [4.69, 9.17) is 0 Å². The summed E-state index contributed by atoms with van der Waals surface area (Å²) in [6, 6.07) is 1.15. The highest BCUT2D eigenvalue weighted by atomic mass is 16.2. The van der Waals surface area contributed by atoms with E-state index in [2.05, 4.69) is 24.5 Å². The Morgan fingerprint density at radius 3 is 3.00 bits per heavy atom. The SMILES string of the molecule is CC(C)N1C(=O)N[C@H]2CNCC[C@H]21. The average Bonchev–Trinajstić information content (AvgIpc) is 2.39. The van der Waals surface area contributed by atoms with Crippen LogP contribution in [0.25, 0.3) is 0 Å². The topological polar surface area (TPSA) is 44.4 Å². The molecule has 0 spiro atoms. The van der Waals surface area contributed by atoms with E-state index >= 15 is 0 Å². The van der Waals surface area contributed by atoms with Crippen molar-refractivity contribution in [1.82, 2.24) is 15.5 Å². The minimum Gasteiger partial charge on any atom is -0.332 e. The van der Waals surface area contributed by atoms with Crippen molar-refractivity contribution in [3.05, 3.63) is 0 Å². The van der Waals surface area contributed by atoms with E-state index in [-0.39, 0.29) is 6.03 Å². The van der Waals surface area contributed by atoms with Crippen LogP contribution < -0.4 is 10.6 Å². The van der Waals surface area contributed by atoms with Crippen molar-refractivity contribution in [3.63, 3.8) is 0 Å². The fraction of sp³-hybridized carbons (Fsp3) is 0.889. The van der Waals surface area contributed by atoms with Crippen LogP contribution in [0.1, 0.15) is 20.3 Å². The first-order chi connectivity index (χ1) is 6.20. The van der Waals surface area contributed by atoms with Crippen molar-refractivity contribution in [2.75, 3.05) is 13.1 Å². The Morgan fingerprint density at radius 2 is 2.31 bits per heavy atom. The second-order valence-corrected chi connectivity index (χ2v) is 4.12. The molecule has 0 aromatic carbocycles. The van der Waals surface area contributed by atoms with Crippen LogP contribution in [0, 0.1) is 0 Å². The normalized spacial score (nSPS) is 33.5. The maximum Gasteiger partial charge on any atom is 0.318 e. The van der Waals surface area contributed by atoms with E-state index < -0.39 is 0 Å². The molecule has 2 heterocycles. The molecule has 4 heteroatoms. The standard InChI is InChI=1S/C9H17N3O/c1-6(2)12-8-3-4-10-5-7(8)11-9(12)13/h6-8,10H,3-5H2,1-2H3,(H,11,13)/t7-,8+/m0/s1. The first-order valence-electron chi connectivity index (χ1n) is 4.99. The van der Waals surface area contributed by atoms with E-state index in [0.717, 1.165) is 19.5 Å². The number of nitrogens with zero attached hydrogens (tertiary/aromatic N) is 1. The zero-order valence-electron chi connectivity index (χ0n) is 8.21. The number of carbonyl (C=O) groups is 1. The van der Waals surface area contributed by atoms with Crippen molar-refractivity contribution >= 4 is 6.03 Å². The smallest absolute Gasteiger partial charge is 0.318 e. The second-order valence-electron chi connectivity index (χ2n) is 4.12. The molecule has 2 N–H and O–H groups in total. The van der Waals surface area contributed by atoms with Crippen LogP contribution in [-0.2, 0) is 0 Å². The maximum absolute atomic E-state index is 11.6. The van der Waals surface area contributed by atoms with Gasteiger partial charge in [0.15, 0.2) is 0 Å². The molecular weight excluding hydrogens is 166 g/mol. The molecule has 13 heavy (non-hydrogen) atoms. The summed E-state index contributed by atoms with van der Waals surface area (Å²) in [6.07, 6.45) is 1.07. The monoisotopic (exact) mass is 183 g/mol. The van der Waals surface area contributed by atoms with Crippen LogP contribution in [-0.4, -0.2) is 42.1 Å². The van der Waals surface area contributed by atoms with Crippen LogP contribution in [0.5, 0.6) is 0 Å². The van der Waals surface area contributed by atoms with Gasteiger partial charge in [-0.15, -0.1) is 0 Å². The molecule has 0 bridgehead atoms. The Morgan fingerprint density at radius 1 is 1.54 bits per heavy atom. The fourth-order valence-electron chi connectivity index (χ4n) is 2.33. The van der Waals surface area contributed by atoms with Gasteiger partial charge in [-0.1, -0.05) is 0 Å².